The van der Waals surface area contributed by atoms with Crippen molar-refractivity contribution < 1.29 is 4.79 Å². The molecule has 1 amide bonds. The maximum atomic E-state index is 12.2. The molecular formula is C14H21BrN4O. The molecule has 0 saturated heterocycles. The maximum Gasteiger partial charge on any atom is 0.273 e. The van der Waals surface area contributed by atoms with Gasteiger partial charge in [0.1, 0.15) is 0 Å². The lowest BCUT2D eigenvalue weighted by molar-refractivity contribution is 0.0933. The number of likely N-dealkylation sites (N-methyl/N-ethyl adjacent to an activating group) is 1. The van der Waals surface area contributed by atoms with Gasteiger partial charge >= 0.3 is 0 Å². The molecule has 1 heterocycles. The van der Waals surface area contributed by atoms with Gasteiger partial charge < -0.3 is 10.2 Å². The number of halogens is 1. The summed E-state index contributed by atoms with van der Waals surface area (Å²) in [5.41, 5.74) is 1.56. The number of hydrogen-bond donors (Lipinski definition) is 2. The Morgan fingerprint density at radius 1 is 1.45 bits per heavy atom. The Morgan fingerprint density at radius 3 is 2.70 bits per heavy atom. The first kappa shape index (κ1) is 14.1. The number of aromatic amines is 1. The molecule has 110 valence electrons. The van der Waals surface area contributed by atoms with Crippen LogP contribution in [-0.4, -0.2) is 47.7 Å². The van der Waals surface area contributed by atoms with E-state index in [4.69, 9.17) is 0 Å². The summed E-state index contributed by atoms with van der Waals surface area (Å²) in [4.78, 5) is 14.5. The average molecular weight is 341 g/mol. The second-order valence-corrected chi connectivity index (χ2v) is 6.95. The van der Waals surface area contributed by atoms with Gasteiger partial charge in [0.2, 0.25) is 0 Å². The highest BCUT2D eigenvalue weighted by Crippen LogP contribution is 2.42. The number of carbonyl (C=O) groups excluding carboxylic acids is 1. The highest BCUT2D eigenvalue weighted by Gasteiger charge is 2.34. The minimum absolute atomic E-state index is 0.0903. The minimum atomic E-state index is -0.0903. The molecule has 2 N–H and O–H groups in total. The standard InChI is InChI=1S/C14H21BrN4O/c1-19(2)10(8-3-4-8)7-16-14(20)13-11(15)12(17-18-13)9-5-6-9/h8-10H,3-7H2,1-2H3,(H,16,20)(H,17,18)/t10-/m1/s1. The third-order valence-electron chi connectivity index (χ3n) is 4.23. The molecule has 0 radical (unpaired) electrons. The molecule has 2 aliphatic rings. The quantitative estimate of drug-likeness (QED) is 0.833. The van der Waals surface area contributed by atoms with E-state index in [-0.39, 0.29) is 5.91 Å². The van der Waals surface area contributed by atoms with E-state index in [9.17, 15) is 4.79 Å². The van der Waals surface area contributed by atoms with Crippen LogP contribution in [0.15, 0.2) is 4.47 Å². The maximum absolute atomic E-state index is 12.2. The van der Waals surface area contributed by atoms with Gasteiger partial charge in [-0.05, 0) is 61.6 Å². The van der Waals surface area contributed by atoms with E-state index in [1.807, 2.05) is 0 Å². The van der Waals surface area contributed by atoms with Gasteiger partial charge in [0.15, 0.2) is 5.69 Å². The number of aromatic nitrogens is 2. The first-order chi connectivity index (χ1) is 9.58. The Balaban J connectivity index is 1.61. The van der Waals surface area contributed by atoms with Crippen LogP contribution in [0.5, 0.6) is 0 Å². The van der Waals surface area contributed by atoms with Gasteiger partial charge in [-0.1, -0.05) is 0 Å². The van der Waals surface area contributed by atoms with Crippen molar-refractivity contribution in [1.29, 1.82) is 0 Å². The van der Waals surface area contributed by atoms with Crippen molar-refractivity contribution in [3.8, 4) is 0 Å². The lowest BCUT2D eigenvalue weighted by atomic mass is 10.1. The molecule has 20 heavy (non-hydrogen) atoms. The topological polar surface area (TPSA) is 61.0 Å². The van der Waals surface area contributed by atoms with Gasteiger partial charge in [-0.15, -0.1) is 0 Å². The number of carbonyl (C=O) groups is 1. The average Bonchev–Trinajstić information content (AvgIpc) is 3.29. The molecule has 1 atom stereocenters. The lowest BCUT2D eigenvalue weighted by Gasteiger charge is -2.24. The Hall–Kier alpha value is -0.880. The molecule has 1 aromatic heterocycles. The number of nitrogens with zero attached hydrogens (tertiary/aromatic N) is 2. The molecule has 2 aliphatic carbocycles. The number of rotatable bonds is 6. The van der Waals surface area contributed by atoms with Crippen LogP contribution in [0.25, 0.3) is 0 Å². The molecule has 2 fully saturated rings. The summed E-state index contributed by atoms with van der Waals surface area (Å²) in [5.74, 6) is 1.20. The fraction of sp³-hybridized carbons (Fsp3) is 0.714. The van der Waals surface area contributed by atoms with Crippen LogP contribution in [0, 0.1) is 5.92 Å². The summed E-state index contributed by atoms with van der Waals surface area (Å²) >= 11 is 3.50. The first-order valence-electron chi connectivity index (χ1n) is 7.26. The molecule has 0 unspecified atom stereocenters. The Labute approximate surface area is 127 Å². The van der Waals surface area contributed by atoms with Crippen molar-refractivity contribution in [1.82, 2.24) is 20.4 Å². The zero-order valence-corrected chi connectivity index (χ0v) is 13.5. The van der Waals surface area contributed by atoms with Crippen LogP contribution in [0.3, 0.4) is 0 Å². The molecule has 2 saturated carbocycles. The fourth-order valence-corrected chi connectivity index (χ4v) is 3.35. The van der Waals surface area contributed by atoms with Gasteiger partial charge in [-0.25, -0.2) is 0 Å². The molecule has 1 aromatic rings. The van der Waals surface area contributed by atoms with E-state index < -0.39 is 0 Å². The predicted octanol–water partition coefficient (Wildman–Crippen LogP) is 2.12. The van der Waals surface area contributed by atoms with E-state index >= 15 is 0 Å². The van der Waals surface area contributed by atoms with Gasteiger partial charge in [0.25, 0.3) is 5.91 Å². The van der Waals surface area contributed by atoms with Crippen molar-refractivity contribution in [2.24, 2.45) is 5.92 Å². The molecule has 6 heteroatoms. The SMILES string of the molecule is CN(C)[C@H](CNC(=O)c1n[nH]c(C2CC2)c1Br)C1CC1. The second-order valence-electron chi connectivity index (χ2n) is 6.15. The van der Waals surface area contributed by atoms with E-state index in [0.29, 0.717) is 24.2 Å². The molecular weight excluding hydrogens is 320 g/mol. The van der Waals surface area contributed by atoms with E-state index in [1.165, 1.54) is 25.7 Å². The zero-order chi connectivity index (χ0) is 14.3. The first-order valence-corrected chi connectivity index (χ1v) is 8.05. The Morgan fingerprint density at radius 2 is 2.15 bits per heavy atom. The Kier molecular flexibility index (Phi) is 3.86. The highest BCUT2D eigenvalue weighted by molar-refractivity contribution is 9.10. The van der Waals surface area contributed by atoms with E-state index in [1.54, 1.807) is 0 Å². The third-order valence-corrected chi connectivity index (χ3v) is 5.04. The van der Waals surface area contributed by atoms with Crippen molar-refractivity contribution in [2.75, 3.05) is 20.6 Å². The van der Waals surface area contributed by atoms with Crippen LogP contribution in [0.1, 0.15) is 47.8 Å². The monoisotopic (exact) mass is 340 g/mol. The van der Waals surface area contributed by atoms with Gasteiger partial charge in [-0.2, -0.15) is 5.10 Å². The zero-order valence-electron chi connectivity index (χ0n) is 11.9. The number of nitrogens with one attached hydrogen (secondary N) is 2. The van der Waals surface area contributed by atoms with E-state index in [0.717, 1.165) is 16.1 Å². The van der Waals surface area contributed by atoms with Crippen LogP contribution in [0.4, 0.5) is 0 Å². The van der Waals surface area contributed by atoms with Crippen LogP contribution in [0.2, 0.25) is 0 Å². The molecule has 3 rings (SSSR count). The van der Waals surface area contributed by atoms with Crippen LogP contribution >= 0.6 is 15.9 Å². The normalized spacial score (nSPS) is 20.2. The molecule has 0 spiro atoms. The third kappa shape index (κ3) is 2.91. The summed E-state index contributed by atoms with van der Waals surface area (Å²) in [5, 5.41) is 10.2. The second kappa shape index (κ2) is 5.48. The summed E-state index contributed by atoms with van der Waals surface area (Å²) in [6.45, 7) is 0.689. The van der Waals surface area contributed by atoms with Crippen LogP contribution < -0.4 is 5.32 Å². The highest BCUT2D eigenvalue weighted by atomic mass is 79.9. The van der Waals surface area contributed by atoms with Crippen molar-refractivity contribution >= 4 is 21.8 Å². The van der Waals surface area contributed by atoms with Crippen molar-refractivity contribution in [3.63, 3.8) is 0 Å². The molecule has 5 nitrogen and oxygen atoms in total. The smallest absolute Gasteiger partial charge is 0.273 e. The van der Waals surface area contributed by atoms with Gasteiger partial charge in [0, 0.05) is 18.5 Å². The fourth-order valence-electron chi connectivity index (χ4n) is 2.67. The van der Waals surface area contributed by atoms with Gasteiger partial charge in [-0.3, -0.25) is 9.89 Å². The minimum Gasteiger partial charge on any atom is -0.349 e. The summed E-state index contributed by atoms with van der Waals surface area (Å²) in [6.07, 6.45) is 4.92. The Bertz CT molecular complexity index is 503. The lowest BCUT2D eigenvalue weighted by Crippen LogP contribution is -2.41. The predicted molar refractivity (Wildman–Crippen MR) is 80.8 cm³/mol. The van der Waals surface area contributed by atoms with E-state index in [2.05, 4.69) is 50.4 Å². The molecule has 0 bridgehead atoms. The number of H-pyrrole nitrogens is 1. The number of amides is 1. The van der Waals surface area contributed by atoms with Crippen LogP contribution in [-0.2, 0) is 0 Å². The van der Waals surface area contributed by atoms with Crippen molar-refractivity contribution in [3.05, 3.63) is 15.9 Å². The molecule has 0 aromatic carbocycles. The summed E-state index contributed by atoms with van der Waals surface area (Å²) < 4.78 is 0.838. The summed E-state index contributed by atoms with van der Waals surface area (Å²) in [7, 11) is 4.15. The number of hydrogen-bond acceptors (Lipinski definition) is 3. The van der Waals surface area contributed by atoms with Crippen molar-refractivity contribution in [2.45, 2.75) is 37.6 Å². The summed E-state index contributed by atoms with van der Waals surface area (Å²) in [6, 6.07) is 0.430. The largest absolute Gasteiger partial charge is 0.349 e. The molecule has 0 aliphatic heterocycles. The van der Waals surface area contributed by atoms with Gasteiger partial charge in [0.05, 0.1) is 10.2 Å².